The number of halogens is 1. The van der Waals surface area contributed by atoms with Gasteiger partial charge in [-0.05, 0) is 37.5 Å². The van der Waals surface area contributed by atoms with Crippen molar-refractivity contribution in [3.8, 4) is 0 Å². The van der Waals surface area contributed by atoms with Gasteiger partial charge in [-0.15, -0.1) is 11.6 Å². The van der Waals surface area contributed by atoms with Gasteiger partial charge in [0.05, 0.1) is 8.41 Å². The first kappa shape index (κ1) is 13.4. The van der Waals surface area contributed by atoms with Crippen molar-refractivity contribution >= 4 is 20.0 Å². The van der Waals surface area contributed by atoms with Crippen molar-refractivity contribution in [2.45, 2.75) is 69.6 Å². The van der Waals surface area contributed by atoms with E-state index in [-0.39, 0.29) is 8.41 Å². The van der Waals surface area contributed by atoms with E-state index in [1.165, 1.54) is 64.2 Å². The molecule has 15 heavy (non-hydrogen) atoms. The minimum atomic E-state index is 0. The highest BCUT2D eigenvalue weighted by molar-refractivity contribution is 6.21. The summed E-state index contributed by atoms with van der Waals surface area (Å²) in [5.41, 5.74) is 0. The van der Waals surface area contributed by atoms with Crippen LogP contribution in [0.3, 0.4) is 0 Å². The van der Waals surface area contributed by atoms with E-state index < -0.39 is 0 Å². The molecule has 0 aliphatic heterocycles. The Balaban J connectivity index is 0.00000112. The Kier molecular flexibility index (Phi) is 6.11. The third kappa shape index (κ3) is 3.69. The molecule has 0 spiro atoms. The average molecular weight is 229 g/mol. The number of rotatable bonds is 2. The van der Waals surface area contributed by atoms with E-state index in [0.29, 0.717) is 5.38 Å². The van der Waals surface area contributed by atoms with Crippen LogP contribution in [-0.2, 0) is 0 Å². The summed E-state index contributed by atoms with van der Waals surface area (Å²) in [5, 5.41) is 0.510. The summed E-state index contributed by atoms with van der Waals surface area (Å²) >= 11 is 6.64. The summed E-state index contributed by atoms with van der Waals surface area (Å²) in [7, 11) is 0. The molecule has 2 heteroatoms. The Bertz CT molecular complexity index is 142. The van der Waals surface area contributed by atoms with Crippen LogP contribution in [0.25, 0.3) is 0 Å². The molecule has 0 bridgehead atoms. The van der Waals surface area contributed by atoms with Crippen molar-refractivity contribution in [2.24, 2.45) is 11.8 Å². The molecule has 0 aromatic rings. The third-order valence-electron chi connectivity index (χ3n) is 4.20. The van der Waals surface area contributed by atoms with Gasteiger partial charge < -0.3 is 0 Å². The van der Waals surface area contributed by atoms with Crippen molar-refractivity contribution in [2.75, 3.05) is 0 Å². The van der Waals surface area contributed by atoms with Gasteiger partial charge in [0.1, 0.15) is 0 Å². The van der Waals surface area contributed by atoms with Crippen molar-refractivity contribution in [3.05, 3.63) is 0 Å². The van der Waals surface area contributed by atoms with E-state index in [0.717, 1.165) is 11.8 Å². The number of hydrogen-bond acceptors (Lipinski definition) is 0. The summed E-state index contributed by atoms with van der Waals surface area (Å²) in [6, 6.07) is 0. The van der Waals surface area contributed by atoms with Gasteiger partial charge in [0.2, 0.25) is 0 Å². The quantitative estimate of drug-likeness (QED) is 0.501. The van der Waals surface area contributed by atoms with E-state index in [9.17, 15) is 0 Å². The lowest BCUT2D eigenvalue weighted by atomic mass is 9.77. The molecule has 0 aromatic carbocycles. The van der Waals surface area contributed by atoms with E-state index in [1.54, 1.807) is 0 Å². The fourth-order valence-electron chi connectivity index (χ4n) is 3.29. The van der Waals surface area contributed by atoms with Crippen molar-refractivity contribution in [3.63, 3.8) is 0 Å². The highest BCUT2D eigenvalue weighted by atomic mass is 35.5. The van der Waals surface area contributed by atoms with Crippen LogP contribution in [0.5, 0.6) is 0 Å². The van der Waals surface area contributed by atoms with Crippen LogP contribution in [0.1, 0.15) is 64.2 Å². The molecule has 2 rings (SSSR count). The Labute approximate surface area is 102 Å². The summed E-state index contributed by atoms with van der Waals surface area (Å²) in [6.45, 7) is 0. The lowest BCUT2D eigenvalue weighted by Gasteiger charge is -2.33. The van der Waals surface area contributed by atoms with E-state index in [2.05, 4.69) is 0 Å². The molecule has 2 fully saturated rings. The van der Waals surface area contributed by atoms with Gasteiger partial charge >= 0.3 is 0 Å². The zero-order valence-corrected chi connectivity index (χ0v) is 9.94. The molecule has 0 atom stereocenters. The molecule has 0 N–H and O–H groups in total. The Morgan fingerprint density at radius 3 is 1.33 bits per heavy atom. The second-order valence-electron chi connectivity index (χ2n) is 5.24. The molecule has 2 aliphatic carbocycles. The zero-order chi connectivity index (χ0) is 9.80. The first-order valence-corrected chi connectivity index (χ1v) is 6.95. The summed E-state index contributed by atoms with van der Waals surface area (Å²) < 4.78 is 0. The van der Waals surface area contributed by atoms with Gasteiger partial charge in [-0.1, -0.05) is 38.5 Å². The highest BCUT2D eigenvalue weighted by Crippen LogP contribution is 2.38. The minimum absolute atomic E-state index is 0. The zero-order valence-electron chi connectivity index (χ0n) is 9.18. The lowest BCUT2D eigenvalue weighted by molar-refractivity contribution is 0.251. The number of hydrogen-bond donors (Lipinski definition) is 0. The summed E-state index contributed by atoms with van der Waals surface area (Å²) in [5.74, 6) is 1.71. The molecule has 0 aromatic heterocycles. The molecule has 0 saturated heterocycles. The Morgan fingerprint density at radius 2 is 1.00 bits per heavy atom. The summed E-state index contributed by atoms with van der Waals surface area (Å²) in [4.78, 5) is 0. The van der Waals surface area contributed by atoms with Gasteiger partial charge in [-0.25, -0.2) is 0 Å². The fourth-order valence-corrected chi connectivity index (χ4v) is 3.79. The van der Waals surface area contributed by atoms with Crippen LogP contribution in [0.4, 0.5) is 0 Å². The molecule has 2 aliphatic rings. The normalized spacial score (nSPS) is 25.2. The molecule has 0 heterocycles. The molecule has 0 nitrogen and oxygen atoms in total. The van der Waals surface area contributed by atoms with Gasteiger partial charge in [-0.3, -0.25) is 0 Å². The van der Waals surface area contributed by atoms with Crippen molar-refractivity contribution in [1.82, 2.24) is 0 Å². The SMILES string of the molecule is B.ClC(C1CCCCC1)C1CCCCC1. The first-order chi connectivity index (χ1) is 6.88. The smallest absolute Gasteiger partial charge is 0.0814 e. The van der Waals surface area contributed by atoms with Crippen LogP contribution >= 0.6 is 11.6 Å². The van der Waals surface area contributed by atoms with Crippen LogP contribution in [0.2, 0.25) is 0 Å². The molecule has 0 radical (unpaired) electrons. The monoisotopic (exact) mass is 228 g/mol. The third-order valence-corrected chi connectivity index (χ3v) is 4.91. The largest absolute Gasteiger partial charge is 0.122 e. The second kappa shape index (κ2) is 6.83. The Hall–Kier alpha value is 0.355. The van der Waals surface area contributed by atoms with Crippen LogP contribution < -0.4 is 0 Å². The average Bonchev–Trinajstić information content (AvgIpc) is 2.30. The van der Waals surface area contributed by atoms with Gasteiger partial charge in [0.25, 0.3) is 0 Å². The fraction of sp³-hybridized carbons (Fsp3) is 1.00. The van der Waals surface area contributed by atoms with E-state index >= 15 is 0 Å². The predicted molar refractivity (Wildman–Crippen MR) is 72.7 cm³/mol. The molecule has 2 saturated carbocycles. The van der Waals surface area contributed by atoms with Crippen molar-refractivity contribution < 1.29 is 0 Å². The predicted octanol–water partition coefficient (Wildman–Crippen LogP) is 3.57. The molecule has 0 amide bonds. The lowest BCUT2D eigenvalue weighted by Crippen LogP contribution is -2.27. The maximum absolute atomic E-state index is 6.64. The maximum Gasteiger partial charge on any atom is 0.0814 e. The van der Waals surface area contributed by atoms with E-state index in [4.69, 9.17) is 11.6 Å². The van der Waals surface area contributed by atoms with Crippen LogP contribution in [0, 0.1) is 11.8 Å². The molecule has 88 valence electrons. The molecular formula is C13H26BCl. The van der Waals surface area contributed by atoms with Gasteiger partial charge in [0.15, 0.2) is 0 Å². The summed E-state index contributed by atoms with van der Waals surface area (Å²) in [6.07, 6.45) is 14.3. The topological polar surface area (TPSA) is 0 Å². The Morgan fingerprint density at radius 1 is 0.667 bits per heavy atom. The molecular weight excluding hydrogens is 202 g/mol. The van der Waals surface area contributed by atoms with Gasteiger partial charge in [0, 0.05) is 5.38 Å². The standard InChI is InChI=1S/C13H23Cl.BH3/c14-13(11-7-3-1-4-8-11)12-9-5-2-6-10-12;/h11-13H,1-10H2;1H3. The number of alkyl halides is 1. The van der Waals surface area contributed by atoms with E-state index in [1.807, 2.05) is 0 Å². The van der Waals surface area contributed by atoms with Gasteiger partial charge in [-0.2, -0.15) is 0 Å². The van der Waals surface area contributed by atoms with Crippen molar-refractivity contribution in [1.29, 1.82) is 0 Å². The minimum Gasteiger partial charge on any atom is -0.122 e. The highest BCUT2D eigenvalue weighted by Gasteiger charge is 2.29. The first-order valence-electron chi connectivity index (χ1n) is 6.52. The van der Waals surface area contributed by atoms with Crippen LogP contribution in [0.15, 0.2) is 0 Å². The molecule has 0 unspecified atom stereocenters. The maximum atomic E-state index is 6.64. The second-order valence-corrected chi connectivity index (χ2v) is 5.74. The van der Waals surface area contributed by atoms with Crippen LogP contribution in [-0.4, -0.2) is 13.8 Å².